The van der Waals surface area contributed by atoms with E-state index in [-0.39, 0.29) is 30.2 Å². The Kier molecular flexibility index (Phi) is 5.78. The number of nitrogens with zero attached hydrogens (tertiary/aromatic N) is 2. The molecular formula is C12H20ClN3O3. The zero-order valence-corrected chi connectivity index (χ0v) is 11.9. The highest BCUT2D eigenvalue weighted by molar-refractivity contribution is 6.32. The van der Waals surface area contributed by atoms with Crippen LogP contribution in [0.25, 0.3) is 0 Å². The van der Waals surface area contributed by atoms with E-state index >= 15 is 0 Å². The lowest BCUT2D eigenvalue weighted by atomic mass is 9.90. The topological polar surface area (TPSA) is 87.4 Å². The van der Waals surface area contributed by atoms with Gasteiger partial charge in [0.2, 0.25) is 0 Å². The Morgan fingerprint density at radius 3 is 2.68 bits per heavy atom. The van der Waals surface area contributed by atoms with Crippen LogP contribution in [-0.4, -0.2) is 39.8 Å². The number of rotatable bonds is 7. The molecule has 0 saturated heterocycles. The summed E-state index contributed by atoms with van der Waals surface area (Å²) in [4.78, 5) is 11.8. The SMILES string of the molecule is CC(C)(CCO)CNc1cnn(CCO)c(=O)c1Cl. The van der Waals surface area contributed by atoms with Crippen molar-refractivity contribution < 1.29 is 10.2 Å². The third-order valence-electron chi connectivity index (χ3n) is 2.84. The summed E-state index contributed by atoms with van der Waals surface area (Å²) in [6.07, 6.45) is 2.11. The predicted molar refractivity (Wildman–Crippen MR) is 74.6 cm³/mol. The van der Waals surface area contributed by atoms with E-state index in [1.54, 1.807) is 0 Å². The molecule has 0 aromatic carbocycles. The lowest BCUT2D eigenvalue weighted by Crippen LogP contribution is -2.28. The molecule has 0 radical (unpaired) electrons. The molecule has 0 fully saturated rings. The fourth-order valence-corrected chi connectivity index (χ4v) is 1.78. The second kappa shape index (κ2) is 6.88. The molecule has 7 heteroatoms. The lowest BCUT2D eigenvalue weighted by molar-refractivity contribution is 0.220. The number of halogens is 1. The van der Waals surface area contributed by atoms with Gasteiger partial charge in [-0.3, -0.25) is 4.79 Å². The first-order valence-electron chi connectivity index (χ1n) is 6.12. The van der Waals surface area contributed by atoms with Crippen LogP contribution >= 0.6 is 11.6 Å². The number of nitrogens with one attached hydrogen (secondary N) is 1. The van der Waals surface area contributed by atoms with Crippen molar-refractivity contribution in [2.45, 2.75) is 26.8 Å². The maximum atomic E-state index is 11.8. The molecule has 19 heavy (non-hydrogen) atoms. The Balaban J connectivity index is 2.81. The minimum atomic E-state index is -0.430. The van der Waals surface area contributed by atoms with Gasteiger partial charge in [0.05, 0.1) is 25.0 Å². The summed E-state index contributed by atoms with van der Waals surface area (Å²) in [7, 11) is 0. The summed E-state index contributed by atoms with van der Waals surface area (Å²) < 4.78 is 1.12. The zero-order chi connectivity index (χ0) is 14.5. The normalized spacial score (nSPS) is 11.6. The van der Waals surface area contributed by atoms with E-state index in [0.717, 1.165) is 4.68 Å². The number of aliphatic hydroxyl groups is 2. The Bertz CT molecular complexity index is 474. The van der Waals surface area contributed by atoms with E-state index in [4.69, 9.17) is 21.8 Å². The summed E-state index contributed by atoms with van der Waals surface area (Å²) in [5.74, 6) is 0. The Morgan fingerprint density at radius 1 is 1.42 bits per heavy atom. The van der Waals surface area contributed by atoms with Gasteiger partial charge in [-0.05, 0) is 11.8 Å². The molecule has 1 aromatic heterocycles. The van der Waals surface area contributed by atoms with E-state index in [2.05, 4.69) is 10.4 Å². The van der Waals surface area contributed by atoms with Gasteiger partial charge in [0.15, 0.2) is 0 Å². The van der Waals surface area contributed by atoms with E-state index in [9.17, 15) is 4.79 Å². The van der Waals surface area contributed by atoms with Gasteiger partial charge in [0, 0.05) is 13.2 Å². The van der Waals surface area contributed by atoms with Crippen LogP contribution < -0.4 is 10.9 Å². The Morgan fingerprint density at radius 2 is 2.11 bits per heavy atom. The third kappa shape index (κ3) is 4.49. The van der Waals surface area contributed by atoms with Gasteiger partial charge in [-0.15, -0.1) is 0 Å². The molecule has 0 aliphatic rings. The van der Waals surface area contributed by atoms with Gasteiger partial charge >= 0.3 is 0 Å². The number of aromatic nitrogens is 2. The average Bonchev–Trinajstić information content (AvgIpc) is 2.34. The van der Waals surface area contributed by atoms with Crippen molar-refractivity contribution in [3.05, 3.63) is 21.6 Å². The first-order valence-corrected chi connectivity index (χ1v) is 6.50. The number of hydrogen-bond acceptors (Lipinski definition) is 5. The molecule has 6 nitrogen and oxygen atoms in total. The first kappa shape index (κ1) is 15.9. The summed E-state index contributed by atoms with van der Waals surface area (Å²) >= 11 is 5.97. The van der Waals surface area contributed by atoms with E-state index in [1.165, 1.54) is 6.20 Å². The molecule has 0 atom stereocenters. The van der Waals surface area contributed by atoms with Crippen LogP contribution in [0.15, 0.2) is 11.0 Å². The van der Waals surface area contributed by atoms with Crippen molar-refractivity contribution in [2.75, 3.05) is 25.1 Å². The fourth-order valence-electron chi connectivity index (χ4n) is 1.57. The fraction of sp³-hybridized carbons (Fsp3) is 0.667. The van der Waals surface area contributed by atoms with Crippen LogP contribution in [0.1, 0.15) is 20.3 Å². The smallest absolute Gasteiger partial charge is 0.287 e. The molecule has 0 spiro atoms. The van der Waals surface area contributed by atoms with Crippen molar-refractivity contribution >= 4 is 17.3 Å². The lowest BCUT2D eigenvalue weighted by Gasteiger charge is -2.24. The molecule has 0 amide bonds. The highest BCUT2D eigenvalue weighted by atomic mass is 35.5. The van der Waals surface area contributed by atoms with Crippen molar-refractivity contribution in [1.29, 1.82) is 0 Å². The van der Waals surface area contributed by atoms with Crippen molar-refractivity contribution in [2.24, 2.45) is 5.41 Å². The van der Waals surface area contributed by atoms with Gasteiger partial charge < -0.3 is 15.5 Å². The van der Waals surface area contributed by atoms with Crippen LogP contribution in [0.5, 0.6) is 0 Å². The van der Waals surface area contributed by atoms with Gasteiger partial charge in [0.1, 0.15) is 5.02 Å². The summed E-state index contributed by atoms with van der Waals surface area (Å²) in [5.41, 5.74) is -0.0783. The van der Waals surface area contributed by atoms with Gasteiger partial charge in [-0.2, -0.15) is 5.10 Å². The second-order valence-corrected chi connectivity index (χ2v) is 5.49. The van der Waals surface area contributed by atoms with Crippen molar-refractivity contribution in [3.8, 4) is 0 Å². The van der Waals surface area contributed by atoms with Gasteiger partial charge in [-0.25, -0.2) is 4.68 Å². The van der Waals surface area contributed by atoms with Crippen molar-refractivity contribution in [1.82, 2.24) is 9.78 Å². The van der Waals surface area contributed by atoms with Crippen LogP contribution in [0.4, 0.5) is 5.69 Å². The zero-order valence-electron chi connectivity index (χ0n) is 11.2. The monoisotopic (exact) mass is 289 g/mol. The van der Waals surface area contributed by atoms with E-state index in [0.29, 0.717) is 18.7 Å². The number of aliphatic hydroxyl groups excluding tert-OH is 2. The van der Waals surface area contributed by atoms with Crippen molar-refractivity contribution in [3.63, 3.8) is 0 Å². The highest BCUT2D eigenvalue weighted by Gasteiger charge is 2.18. The summed E-state index contributed by atoms with van der Waals surface area (Å²) in [5, 5.41) is 24.8. The number of hydrogen-bond donors (Lipinski definition) is 3. The van der Waals surface area contributed by atoms with Crippen LogP contribution in [0, 0.1) is 5.41 Å². The largest absolute Gasteiger partial charge is 0.396 e. The second-order valence-electron chi connectivity index (χ2n) is 5.12. The quantitative estimate of drug-likeness (QED) is 0.688. The molecule has 0 saturated carbocycles. The predicted octanol–water partition coefficient (Wildman–Crippen LogP) is 0.710. The molecular weight excluding hydrogens is 270 g/mol. The van der Waals surface area contributed by atoms with E-state index in [1.807, 2.05) is 13.8 Å². The van der Waals surface area contributed by atoms with Gasteiger partial charge in [-0.1, -0.05) is 25.4 Å². The minimum Gasteiger partial charge on any atom is -0.396 e. The summed E-state index contributed by atoms with van der Waals surface area (Å²) in [6.45, 7) is 4.64. The van der Waals surface area contributed by atoms with Crippen LogP contribution in [0.2, 0.25) is 5.02 Å². The van der Waals surface area contributed by atoms with Crippen LogP contribution in [0.3, 0.4) is 0 Å². The van der Waals surface area contributed by atoms with E-state index < -0.39 is 5.56 Å². The molecule has 0 bridgehead atoms. The minimum absolute atomic E-state index is 0.0586. The molecule has 1 aromatic rings. The Hall–Kier alpha value is -1.11. The molecule has 3 N–H and O–H groups in total. The third-order valence-corrected chi connectivity index (χ3v) is 3.21. The summed E-state index contributed by atoms with van der Waals surface area (Å²) in [6, 6.07) is 0. The molecule has 108 valence electrons. The molecule has 0 aliphatic heterocycles. The maximum Gasteiger partial charge on any atom is 0.287 e. The first-order chi connectivity index (χ1) is 8.91. The average molecular weight is 290 g/mol. The molecule has 1 heterocycles. The molecule has 1 rings (SSSR count). The molecule has 0 aliphatic carbocycles. The Labute approximate surface area is 117 Å². The van der Waals surface area contributed by atoms with Crippen LogP contribution in [-0.2, 0) is 6.54 Å². The van der Waals surface area contributed by atoms with Gasteiger partial charge in [0.25, 0.3) is 5.56 Å². The maximum absolute atomic E-state index is 11.8. The standard InChI is InChI=1S/C12H20ClN3O3/c1-12(2,3-5-17)8-14-9-7-15-16(4-6-18)11(19)10(9)13/h7,14,17-18H,3-6,8H2,1-2H3. The highest BCUT2D eigenvalue weighted by Crippen LogP contribution is 2.22. The molecule has 0 unspecified atom stereocenters. The number of anilines is 1.